The van der Waals surface area contributed by atoms with Crippen LogP contribution in [0, 0.1) is 0 Å². The molecule has 0 aliphatic heterocycles. The van der Waals surface area contributed by atoms with Crippen LogP contribution < -0.4 is 4.90 Å². The molecule has 0 bridgehead atoms. The first-order chi connectivity index (χ1) is 11.2. The molecule has 0 radical (unpaired) electrons. The monoisotopic (exact) mass is 340 g/mol. The van der Waals surface area contributed by atoms with E-state index in [0.29, 0.717) is 5.75 Å². The van der Waals surface area contributed by atoms with Crippen LogP contribution in [0.4, 0.5) is 5.69 Å². The number of aromatic nitrogens is 1. The number of amides is 1. The van der Waals surface area contributed by atoms with Crippen LogP contribution in [0.3, 0.4) is 0 Å². The van der Waals surface area contributed by atoms with E-state index in [0.717, 1.165) is 21.3 Å². The van der Waals surface area contributed by atoms with Crippen molar-refractivity contribution in [2.45, 2.75) is 4.34 Å². The van der Waals surface area contributed by atoms with Gasteiger partial charge in [0, 0.05) is 23.7 Å². The maximum absolute atomic E-state index is 12.3. The molecule has 0 fully saturated rings. The highest BCUT2D eigenvalue weighted by molar-refractivity contribution is 8.01. The number of thioether (sulfide) groups is 1. The molecular formula is C18H16N2OS2. The van der Waals surface area contributed by atoms with Crippen LogP contribution in [0.25, 0.3) is 11.3 Å². The van der Waals surface area contributed by atoms with Crippen molar-refractivity contribution in [3.63, 3.8) is 0 Å². The van der Waals surface area contributed by atoms with Crippen LogP contribution in [0.5, 0.6) is 0 Å². The summed E-state index contributed by atoms with van der Waals surface area (Å²) >= 11 is 3.06. The Kier molecular flexibility index (Phi) is 5.10. The Morgan fingerprint density at radius 1 is 1.09 bits per heavy atom. The predicted octanol–water partition coefficient (Wildman–Crippen LogP) is 4.57. The van der Waals surface area contributed by atoms with Gasteiger partial charge in [0.15, 0.2) is 4.34 Å². The lowest BCUT2D eigenvalue weighted by Crippen LogP contribution is -2.27. The highest BCUT2D eigenvalue weighted by Gasteiger charge is 2.12. The minimum atomic E-state index is 0.0673. The minimum Gasteiger partial charge on any atom is -0.315 e. The maximum atomic E-state index is 12.3. The lowest BCUT2D eigenvalue weighted by Gasteiger charge is -2.16. The molecule has 5 heteroatoms. The Labute approximate surface area is 144 Å². The summed E-state index contributed by atoms with van der Waals surface area (Å²) in [7, 11) is 1.80. The average molecular weight is 340 g/mol. The van der Waals surface area contributed by atoms with E-state index < -0.39 is 0 Å². The first-order valence-electron chi connectivity index (χ1n) is 7.19. The molecule has 0 N–H and O–H groups in total. The van der Waals surface area contributed by atoms with Gasteiger partial charge in [0.2, 0.25) is 5.91 Å². The fourth-order valence-corrected chi connectivity index (χ4v) is 3.83. The van der Waals surface area contributed by atoms with Gasteiger partial charge in [-0.15, -0.1) is 11.3 Å². The number of para-hydroxylation sites is 1. The lowest BCUT2D eigenvalue weighted by atomic mass is 10.2. The molecule has 1 heterocycles. The predicted molar refractivity (Wildman–Crippen MR) is 98.1 cm³/mol. The third-order valence-electron chi connectivity index (χ3n) is 3.39. The highest BCUT2D eigenvalue weighted by Crippen LogP contribution is 2.28. The summed E-state index contributed by atoms with van der Waals surface area (Å²) in [5.74, 6) is 0.449. The number of carbonyl (C=O) groups excluding carboxylic acids is 1. The summed E-state index contributed by atoms with van der Waals surface area (Å²) in [6.07, 6.45) is 0. The normalized spacial score (nSPS) is 10.5. The number of hydrogen-bond acceptors (Lipinski definition) is 4. The Hall–Kier alpha value is -2.11. The third kappa shape index (κ3) is 4.00. The molecule has 0 atom stereocenters. The van der Waals surface area contributed by atoms with Crippen molar-refractivity contribution in [1.29, 1.82) is 0 Å². The summed E-state index contributed by atoms with van der Waals surface area (Å²) in [6.45, 7) is 0. The number of benzene rings is 2. The van der Waals surface area contributed by atoms with Crippen molar-refractivity contribution >= 4 is 34.7 Å². The van der Waals surface area contributed by atoms with E-state index in [-0.39, 0.29) is 5.91 Å². The molecule has 3 aromatic rings. The zero-order chi connectivity index (χ0) is 16.1. The van der Waals surface area contributed by atoms with Crippen LogP contribution in [0.15, 0.2) is 70.4 Å². The van der Waals surface area contributed by atoms with Gasteiger partial charge in [0.05, 0.1) is 11.4 Å². The van der Waals surface area contributed by atoms with E-state index in [2.05, 4.69) is 4.98 Å². The van der Waals surface area contributed by atoms with Crippen molar-refractivity contribution in [2.24, 2.45) is 0 Å². The zero-order valence-electron chi connectivity index (χ0n) is 12.7. The largest absolute Gasteiger partial charge is 0.315 e. The quantitative estimate of drug-likeness (QED) is 0.638. The van der Waals surface area contributed by atoms with Crippen LogP contribution in [-0.2, 0) is 4.79 Å². The van der Waals surface area contributed by atoms with Gasteiger partial charge >= 0.3 is 0 Å². The molecular weight excluding hydrogens is 324 g/mol. The van der Waals surface area contributed by atoms with Crippen LogP contribution in [0.1, 0.15) is 0 Å². The van der Waals surface area contributed by atoms with E-state index in [1.54, 1.807) is 23.3 Å². The van der Waals surface area contributed by atoms with Gasteiger partial charge in [-0.05, 0) is 12.1 Å². The minimum absolute atomic E-state index is 0.0673. The zero-order valence-corrected chi connectivity index (χ0v) is 14.3. The van der Waals surface area contributed by atoms with E-state index in [9.17, 15) is 4.79 Å². The molecule has 0 aliphatic rings. The SMILES string of the molecule is CN(C(=O)CSc1nc(-c2ccccc2)cs1)c1ccccc1. The van der Waals surface area contributed by atoms with Crippen LogP contribution in [0.2, 0.25) is 0 Å². The van der Waals surface area contributed by atoms with E-state index >= 15 is 0 Å². The second-order valence-electron chi connectivity index (χ2n) is 4.94. The molecule has 2 aromatic carbocycles. The standard InChI is InChI=1S/C18H16N2OS2/c1-20(15-10-6-3-7-11-15)17(21)13-23-18-19-16(12-22-18)14-8-4-2-5-9-14/h2-12H,13H2,1H3. The molecule has 0 saturated heterocycles. The Balaban J connectivity index is 1.61. The molecule has 0 spiro atoms. The van der Waals surface area contributed by atoms with E-state index in [1.807, 2.05) is 66.0 Å². The topological polar surface area (TPSA) is 33.2 Å². The van der Waals surface area contributed by atoms with Crippen molar-refractivity contribution in [3.8, 4) is 11.3 Å². The summed E-state index contributed by atoms with van der Waals surface area (Å²) < 4.78 is 0.915. The Bertz CT molecular complexity index is 772. The summed E-state index contributed by atoms with van der Waals surface area (Å²) in [5.41, 5.74) is 2.97. The molecule has 1 amide bonds. The molecule has 0 unspecified atom stereocenters. The number of carbonyl (C=O) groups is 1. The van der Waals surface area contributed by atoms with Gasteiger partial charge in [-0.3, -0.25) is 4.79 Å². The third-order valence-corrected chi connectivity index (χ3v) is 5.40. The maximum Gasteiger partial charge on any atom is 0.237 e. The summed E-state index contributed by atoms with van der Waals surface area (Å²) in [5, 5.41) is 2.03. The Morgan fingerprint density at radius 3 is 2.43 bits per heavy atom. The molecule has 0 saturated carbocycles. The van der Waals surface area contributed by atoms with Crippen LogP contribution in [-0.4, -0.2) is 23.7 Å². The number of thiazole rings is 1. The molecule has 23 heavy (non-hydrogen) atoms. The van der Waals surface area contributed by atoms with Crippen LogP contribution >= 0.6 is 23.1 Å². The summed E-state index contributed by atoms with van der Waals surface area (Å²) in [4.78, 5) is 18.6. The first-order valence-corrected chi connectivity index (χ1v) is 9.06. The Morgan fingerprint density at radius 2 is 1.74 bits per heavy atom. The first kappa shape index (κ1) is 15.8. The van der Waals surface area contributed by atoms with E-state index in [1.165, 1.54) is 11.8 Å². The molecule has 0 aliphatic carbocycles. The fraction of sp³-hybridized carbons (Fsp3) is 0.111. The smallest absolute Gasteiger partial charge is 0.237 e. The number of rotatable bonds is 5. The van der Waals surface area contributed by atoms with Gasteiger partial charge in [-0.1, -0.05) is 60.3 Å². The van der Waals surface area contributed by atoms with Crippen molar-refractivity contribution < 1.29 is 4.79 Å². The summed E-state index contributed by atoms with van der Waals surface area (Å²) in [6, 6.07) is 19.7. The fourth-order valence-electron chi connectivity index (χ4n) is 2.08. The number of hydrogen-bond donors (Lipinski definition) is 0. The van der Waals surface area contributed by atoms with E-state index in [4.69, 9.17) is 0 Å². The number of nitrogens with zero attached hydrogens (tertiary/aromatic N) is 2. The highest BCUT2D eigenvalue weighted by atomic mass is 32.2. The van der Waals surface area contributed by atoms with Gasteiger partial charge in [-0.25, -0.2) is 4.98 Å². The second-order valence-corrected chi connectivity index (χ2v) is 7.02. The molecule has 3 rings (SSSR count). The average Bonchev–Trinajstić information content (AvgIpc) is 3.09. The van der Waals surface area contributed by atoms with Crippen molar-refractivity contribution in [3.05, 3.63) is 66.0 Å². The second kappa shape index (κ2) is 7.44. The van der Waals surface area contributed by atoms with Crippen molar-refractivity contribution in [2.75, 3.05) is 17.7 Å². The molecule has 116 valence electrons. The number of anilines is 1. The van der Waals surface area contributed by atoms with Crippen molar-refractivity contribution in [1.82, 2.24) is 4.98 Å². The molecule has 1 aromatic heterocycles. The van der Waals surface area contributed by atoms with Gasteiger partial charge in [0.25, 0.3) is 0 Å². The molecule has 3 nitrogen and oxygen atoms in total. The lowest BCUT2D eigenvalue weighted by molar-refractivity contribution is -0.115. The van der Waals surface area contributed by atoms with Gasteiger partial charge in [0.1, 0.15) is 0 Å². The van der Waals surface area contributed by atoms with Gasteiger partial charge in [-0.2, -0.15) is 0 Å². The van der Waals surface area contributed by atoms with Gasteiger partial charge < -0.3 is 4.90 Å².